The molecule has 0 N–H and O–H groups in total. The highest BCUT2D eigenvalue weighted by atomic mass is 16.3. The fraction of sp³-hybridized carbons (Fsp3) is 0.200. The number of rotatable bonds is 3. The summed E-state index contributed by atoms with van der Waals surface area (Å²) in [6.07, 6.45) is 6.38. The zero-order valence-corrected chi connectivity index (χ0v) is 14.2. The van der Waals surface area contributed by atoms with Crippen LogP contribution in [-0.2, 0) is 19.5 Å². The first-order valence-corrected chi connectivity index (χ1v) is 8.67. The number of nitrogens with zero attached hydrogens (tertiary/aromatic N) is 5. The number of fused-ring (bicyclic) bond motifs is 2. The van der Waals surface area contributed by atoms with Crippen LogP contribution in [0, 0.1) is 0 Å². The van der Waals surface area contributed by atoms with E-state index < -0.39 is 0 Å². The summed E-state index contributed by atoms with van der Waals surface area (Å²) in [6, 6.07) is 11.7. The summed E-state index contributed by atoms with van der Waals surface area (Å²) in [6.45, 7) is 2.43. The van der Waals surface area contributed by atoms with Crippen LogP contribution in [-0.4, -0.2) is 31.4 Å². The van der Waals surface area contributed by atoms with Crippen molar-refractivity contribution in [1.29, 1.82) is 0 Å². The van der Waals surface area contributed by atoms with E-state index in [2.05, 4.69) is 19.9 Å². The fourth-order valence-corrected chi connectivity index (χ4v) is 3.32. The molecule has 0 radical (unpaired) electrons. The molecule has 0 atom stereocenters. The lowest BCUT2D eigenvalue weighted by atomic mass is 10.1. The average molecular weight is 343 g/mol. The Morgan fingerprint density at radius 1 is 1.04 bits per heavy atom. The van der Waals surface area contributed by atoms with Crippen LogP contribution in [0.15, 0.2) is 59.4 Å². The minimum atomic E-state index is 0.693. The van der Waals surface area contributed by atoms with Gasteiger partial charge in [-0.15, -0.1) is 0 Å². The van der Waals surface area contributed by atoms with Gasteiger partial charge in [-0.3, -0.25) is 9.88 Å². The Balaban J connectivity index is 1.35. The molecule has 0 fully saturated rings. The van der Waals surface area contributed by atoms with Gasteiger partial charge in [-0.05, 0) is 24.3 Å². The molecule has 5 rings (SSSR count). The van der Waals surface area contributed by atoms with Gasteiger partial charge >= 0.3 is 0 Å². The van der Waals surface area contributed by atoms with Gasteiger partial charge in [0.1, 0.15) is 5.52 Å². The van der Waals surface area contributed by atoms with E-state index >= 15 is 0 Å². The van der Waals surface area contributed by atoms with Crippen LogP contribution in [0.2, 0.25) is 0 Å². The van der Waals surface area contributed by atoms with Crippen LogP contribution >= 0.6 is 0 Å². The van der Waals surface area contributed by atoms with Crippen LogP contribution in [0.5, 0.6) is 0 Å². The summed E-state index contributed by atoms with van der Waals surface area (Å²) >= 11 is 0. The number of para-hydroxylation sites is 2. The van der Waals surface area contributed by atoms with Crippen LogP contribution in [0.1, 0.15) is 17.1 Å². The van der Waals surface area contributed by atoms with Gasteiger partial charge in [0.15, 0.2) is 11.4 Å². The maximum absolute atomic E-state index is 5.84. The smallest absolute Gasteiger partial charge is 0.209 e. The Bertz CT molecular complexity index is 1030. The Kier molecular flexibility index (Phi) is 3.68. The third-order valence-corrected chi connectivity index (χ3v) is 4.63. The molecule has 4 aromatic rings. The van der Waals surface area contributed by atoms with E-state index in [1.165, 1.54) is 5.56 Å². The molecule has 1 aromatic carbocycles. The molecule has 1 aliphatic heterocycles. The molecule has 0 saturated heterocycles. The molecule has 6 nitrogen and oxygen atoms in total. The zero-order valence-electron chi connectivity index (χ0n) is 14.2. The van der Waals surface area contributed by atoms with Crippen molar-refractivity contribution in [3.63, 3.8) is 0 Å². The quantitative estimate of drug-likeness (QED) is 0.569. The number of benzene rings is 1. The molecule has 0 saturated carbocycles. The van der Waals surface area contributed by atoms with Crippen molar-refractivity contribution in [2.75, 3.05) is 6.54 Å². The van der Waals surface area contributed by atoms with E-state index in [1.807, 2.05) is 42.6 Å². The average Bonchev–Trinajstić information content (AvgIpc) is 3.10. The van der Waals surface area contributed by atoms with E-state index in [0.29, 0.717) is 6.54 Å². The summed E-state index contributed by atoms with van der Waals surface area (Å²) in [5.74, 6) is 1.49. The second-order valence-electron chi connectivity index (χ2n) is 6.44. The van der Waals surface area contributed by atoms with E-state index in [9.17, 15) is 0 Å². The van der Waals surface area contributed by atoms with Crippen LogP contribution in [0.25, 0.3) is 22.5 Å². The molecule has 1 aliphatic rings. The van der Waals surface area contributed by atoms with Gasteiger partial charge in [0.25, 0.3) is 0 Å². The summed E-state index contributed by atoms with van der Waals surface area (Å²) in [7, 11) is 0. The van der Waals surface area contributed by atoms with Gasteiger partial charge in [0, 0.05) is 49.2 Å². The lowest BCUT2D eigenvalue weighted by Gasteiger charge is -2.26. The Morgan fingerprint density at radius 2 is 2.00 bits per heavy atom. The number of aromatic nitrogens is 4. The third kappa shape index (κ3) is 2.84. The fourth-order valence-electron chi connectivity index (χ4n) is 3.32. The first kappa shape index (κ1) is 15.2. The maximum atomic E-state index is 5.84. The largest absolute Gasteiger partial charge is 0.439 e. The third-order valence-electron chi connectivity index (χ3n) is 4.63. The second-order valence-corrected chi connectivity index (χ2v) is 6.44. The minimum Gasteiger partial charge on any atom is -0.439 e. The highest BCUT2D eigenvalue weighted by molar-refractivity contribution is 5.72. The summed E-state index contributed by atoms with van der Waals surface area (Å²) in [4.78, 5) is 20.3. The molecule has 0 aliphatic carbocycles. The lowest BCUT2D eigenvalue weighted by molar-refractivity contribution is 0.221. The summed E-state index contributed by atoms with van der Waals surface area (Å²) < 4.78 is 5.84. The van der Waals surface area contributed by atoms with Crippen LogP contribution in [0.4, 0.5) is 0 Å². The van der Waals surface area contributed by atoms with Crippen molar-refractivity contribution in [3.05, 3.63) is 72.1 Å². The molecular formula is C20H17N5O. The highest BCUT2D eigenvalue weighted by Gasteiger charge is 2.20. The van der Waals surface area contributed by atoms with Crippen molar-refractivity contribution in [2.45, 2.75) is 19.5 Å². The number of hydrogen-bond acceptors (Lipinski definition) is 6. The first-order chi connectivity index (χ1) is 12.8. The molecule has 128 valence electrons. The van der Waals surface area contributed by atoms with Crippen molar-refractivity contribution in [1.82, 2.24) is 24.8 Å². The molecule has 3 aromatic heterocycles. The van der Waals surface area contributed by atoms with E-state index in [1.54, 1.807) is 12.4 Å². The van der Waals surface area contributed by atoms with E-state index in [-0.39, 0.29) is 0 Å². The zero-order chi connectivity index (χ0) is 17.3. The van der Waals surface area contributed by atoms with Crippen molar-refractivity contribution >= 4 is 11.1 Å². The molecule has 6 heteroatoms. The molecule has 0 spiro atoms. The molecule has 0 unspecified atom stereocenters. The van der Waals surface area contributed by atoms with Crippen molar-refractivity contribution in [3.8, 4) is 11.4 Å². The summed E-state index contributed by atoms with van der Waals surface area (Å²) in [5.41, 5.74) is 4.98. The Hall–Kier alpha value is -3.12. The normalized spacial score (nSPS) is 14.5. The van der Waals surface area contributed by atoms with Crippen LogP contribution in [0.3, 0.4) is 0 Å². The van der Waals surface area contributed by atoms with Gasteiger partial charge in [-0.1, -0.05) is 12.1 Å². The minimum absolute atomic E-state index is 0.693. The molecule has 0 bridgehead atoms. The molecular weight excluding hydrogens is 326 g/mol. The van der Waals surface area contributed by atoms with Gasteiger partial charge in [0.05, 0.1) is 12.2 Å². The molecule has 4 heterocycles. The monoisotopic (exact) mass is 343 g/mol. The SMILES string of the molecule is c1cncc(-c2ncc3c(n2)CCN(Cc2nc4ccccc4o2)C3)c1. The van der Waals surface area contributed by atoms with Gasteiger partial charge < -0.3 is 4.42 Å². The highest BCUT2D eigenvalue weighted by Crippen LogP contribution is 2.22. The topological polar surface area (TPSA) is 67.9 Å². The lowest BCUT2D eigenvalue weighted by Crippen LogP contribution is -2.31. The summed E-state index contributed by atoms with van der Waals surface area (Å²) in [5, 5.41) is 0. The maximum Gasteiger partial charge on any atom is 0.209 e. The number of pyridine rings is 1. The van der Waals surface area contributed by atoms with Crippen molar-refractivity contribution < 1.29 is 4.42 Å². The van der Waals surface area contributed by atoms with Gasteiger partial charge in [0.2, 0.25) is 5.89 Å². The predicted molar refractivity (Wildman–Crippen MR) is 97.1 cm³/mol. The number of oxazole rings is 1. The molecule has 26 heavy (non-hydrogen) atoms. The van der Waals surface area contributed by atoms with Crippen LogP contribution < -0.4 is 0 Å². The predicted octanol–water partition coefficient (Wildman–Crippen LogP) is 3.24. The Morgan fingerprint density at radius 3 is 2.88 bits per heavy atom. The van der Waals surface area contributed by atoms with E-state index in [4.69, 9.17) is 9.40 Å². The first-order valence-electron chi connectivity index (χ1n) is 8.67. The Labute approximate surface area is 150 Å². The van der Waals surface area contributed by atoms with Gasteiger partial charge in [-0.2, -0.15) is 0 Å². The second kappa shape index (κ2) is 6.31. The molecule has 0 amide bonds. The standard InChI is InChI=1S/C20H17N5O/c1-2-6-18-17(5-1)23-19(26-18)13-25-9-7-16-15(12-25)11-22-20(24-16)14-4-3-8-21-10-14/h1-6,8,10-11H,7,9,12-13H2. The van der Waals surface area contributed by atoms with E-state index in [0.717, 1.165) is 53.6 Å². The van der Waals surface area contributed by atoms with Gasteiger partial charge in [-0.25, -0.2) is 15.0 Å². The number of hydrogen-bond donors (Lipinski definition) is 0. The van der Waals surface area contributed by atoms with Crippen molar-refractivity contribution in [2.24, 2.45) is 0 Å².